The molecule has 0 atom stereocenters. The Morgan fingerprint density at radius 1 is 1.38 bits per heavy atom. The van der Waals surface area contributed by atoms with Gasteiger partial charge in [0.1, 0.15) is 6.54 Å². The fourth-order valence-corrected chi connectivity index (χ4v) is 2.37. The molecule has 2 heterocycles. The molecule has 1 fully saturated rings. The van der Waals surface area contributed by atoms with Gasteiger partial charge < -0.3 is 9.63 Å². The summed E-state index contributed by atoms with van der Waals surface area (Å²) < 4.78 is 6.81. The van der Waals surface area contributed by atoms with Crippen LogP contribution in [0.2, 0.25) is 0 Å². The second kappa shape index (κ2) is 4.41. The van der Waals surface area contributed by atoms with E-state index in [-0.39, 0.29) is 12.2 Å². The average molecular weight is 284 g/mol. The zero-order valence-corrected chi connectivity index (χ0v) is 11.1. The first-order valence-corrected chi connectivity index (χ1v) is 6.73. The highest BCUT2D eigenvalue weighted by atomic mass is 16.5. The van der Waals surface area contributed by atoms with E-state index in [0.29, 0.717) is 17.2 Å². The van der Waals surface area contributed by atoms with Gasteiger partial charge in [-0.05, 0) is 18.9 Å². The predicted octanol–water partition coefficient (Wildman–Crippen LogP) is 2.04. The van der Waals surface area contributed by atoms with Gasteiger partial charge in [0.25, 0.3) is 0 Å². The van der Waals surface area contributed by atoms with E-state index in [1.54, 1.807) is 16.8 Å². The third-order valence-electron chi connectivity index (χ3n) is 3.57. The van der Waals surface area contributed by atoms with Crippen LogP contribution in [0, 0.1) is 0 Å². The summed E-state index contributed by atoms with van der Waals surface area (Å²) in [5.74, 6) is 0.558. The molecule has 1 saturated carbocycles. The van der Waals surface area contributed by atoms with Crippen molar-refractivity contribution in [3.63, 3.8) is 0 Å². The van der Waals surface area contributed by atoms with Crippen LogP contribution >= 0.6 is 0 Å². The minimum absolute atomic E-state index is 0.0348. The highest BCUT2D eigenvalue weighted by molar-refractivity contribution is 6.01. The molecule has 0 amide bonds. The molecular weight excluding hydrogens is 272 g/mol. The minimum Gasteiger partial charge on any atom is -0.476 e. The van der Waals surface area contributed by atoms with Crippen molar-refractivity contribution >= 4 is 16.9 Å². The Bertz CT molecular complexity index is 832. The number of nitrogens with zero attached hydrogens (tertiary/aromatic N) is 4. The lowest BCUT2D eigenvalue weighted by atomic mass is 10.2. The van der Waals surface area contributed by atoms with Gasteiger partial charge in [0.15, 0.2) is 11.5 Å². The quantitative estimate of drug-likeness (QED) is 0.788. The molecule has 0 saturated heterocycles. The summed E-state index contributed by atoms with van der Waals surface area (Å²) in [7, 11) is 0. The van der Waals surface area contributed by atoms with Crippen LogP contribution in [0.5, 0.6) is 0 Å². The van der Waals surface area contributed by atoms with Gasteiger partial charge in [0.2, 0.25) is 5.89 Å². The van der Waals surface area contributed by atoms with Crippen LogP contribution in [0.25, 0.3) is 10.9 Å². The van der Waals surface area contributed by atoms with Gasteiger partial charge in [-0.15, -0.1) is 0 Å². The number of aromatic carboxylic acids is 1. The first kappa shape index (κ1) is 12.1. The van der Waals surface area contributed by atoms with E-state index in [9.17, 15) is 9.90 Å². The van der Waals surface area contributed by atoms with Gasteiger partial charge in [0, 0.05) is 11.3 Å². The number of carboxylic acid groups (broad SMARTS) is 1. The van der Waals surface area contributed by atoms with E-state index in [2.05, 4.69) is 15.2 Å². The third kappa shape index (κ3) is 2.06. The molecule has 21 heavy (non-hydrogen) atoms. The molecule has 0 radical (unpaired) electrons. The molecular formula is C14H12N4O3. The van der Waals surface area contributed by atoms with E-state index in [1.165, 1.54) is 0 Å². The SMILES string of the molecule is O=C(O)c1nn(Cc2nc(C3CC3)no2)c2ccccc12. The molecule has 0 spiro atoms. The van der Waals surface area contributed by atoms with E-state index in [0.717, 1.165) is 24.2 Å². The van der Waals surface area contributed by atoms with Crippen LogP contribution in [-0.2, 0) is 6.54 Å². The fourth-order valence-electron chi connectivity index (χ4n) is 2.37. The van der Waals surface area contributed by atoms with Gasteiger partial charge in [-0.1, -0.05) is 23.4 Å². The van der Waals surface area contributed by atoms with Crippen molar-refractivity contribution in [1.29, 1.82) is 0 Å². The van der Waals surface area contributed by atoms with Gasteiger partial charge in [-0.2, -0.15) is 10.1 Å². The van der Waals surface area contributed by atoms with Gasteiger partial charge in [-0.3, -0.25) is 4.68 Å². The van der Waals surface area contributed by atoms with Crippen molar-refractivity contribution in [2.45, 2.75) is 25.3 Å². The lowest BCUT2D eigenvalue weighted by Gasteiger charge is -1.98. The van der Waals surface area contributed by atoms with Crippen LogP contribution in [0.4, 0.5) is 0 Å². The summed E-state index contributed by atoms with van der Waals surface area (Å²) in [5.41, 5.74) is 0.772. The molecule has 7 nitrogen and oxygen atoms in total. The summed E-state index contributed by atoms with van der Waals surface area (Å²) in [6.07, 6.45) is 2.21. The summed E-state index contributed by atoms with van der Waals surface area (Å²) in [4.78, 5) is 15.6. The molecule has 0 unspecified atom stereocenters. The van der Waals surface area contributed by atoms with Crippen molar-refractivity contribution in [2.24, 2.45) is 0 Å². The first-order chi connectivity index (χ1) is 10.2. The monoisotopic (exact) mass is 284 g/mol. The molecule has 2 aromatic heterocycles. The van der Waals surface area contributed by atoms with Crippen LogP contribution in [-0.4, -0.2) is 31.0 Å². The number of rotatable bonds is 4. The maximum absolute atomic E-state index is 11.3. The highest BCUT2D eigenvalue weighted by Crippen LogP contribution is 2.38. The third-order valence-corrected chi connectivity index (χ3v) is 3.57. The van der Waals surface area contributed by atoms with Crippen LogP contribution in [0.1, 0.15) is 41.0 Å². The Kier molecular flexibility index (Phi) is 2.53. The lowest BCUT2D eigenvalue weighted by Crippen LogP contribution is -2.04. The number of carbonyl (C=O) groups is 1. The number of para-hydroxylation sites is 1. The van der Waals surface area contributed by atoms with E-state index in [1.807, 2.05) is 12.1 Å². The molecule has 0 aliphatic heterocycles. The number of hydrogen-bond acceptors (Lipinski definition) is 5. The molecule has 7 heteroatoms. The van der Waals surface area contributed by atoms with Gasteiger partial charge in [0.05, 0.1) is 5.52 Å². The normalized spacial score (nSPS) is 14.7. The molecule has 1 aromatic carbocycles. The predicted molar refractivity (Wildman–Crippen MR) is 72.1 cm³/mol. The minimum atomic E-state index is -1.05. The van der Waals surface area contributed by atoms with Crippen molar-refractivity contribution in [2.75, 3.05) is 0 Å². The van der Waals surface area contributed by atoms with Crippen molar-refractivity contribution in [1.82, 2.24) is 19.9 Å². The first-order valence-electron chi connectivity index (χ1n) is 6.73. The summed E-state index contributed by atoms with van der Waals surface area (Å²) in [6, 6.07) is 7.20. The number of benzene rings is 1. The second-order valence-corrected chi connectivity index (χ2v) is 5.15. The Labute approximate surface area is 119 Å². The number of hydrogen-bond donors (Lipinski definition) is 1. The van der Waals surface area contributed by atoms with Crippen LogP contribution in [0.3, 0.4) is 0 Å². The Morgan fingerprint density at radius 3 is 2.95 bits per heavy atom. The largest absolute Gasteiger partial charge is 0.476 e. The Hall–Kier alpha value is -2.70. The van der Waals surface area contributed by atoms with E-state index in [4.69, 9.17) is 4.52 Å². The molecule has 3 aromatic rings. The second-order valence-electron chi connectivity index (χ2n) is 5.15. The van der Waals surface area contributed by atoms with Crippen LogP contribution < -0.4 is 0 Å². The number of fused-ring (bicyclic) bond motifs is 1. The molecule has 1 N–H and O–H groups in total. The van der Waals surface area contributed by atoms with Crippen molar-refractivity contribution in [3.05, 3.63) is 41.7 Å². The lowest BCUT2D eigenvalue weighted by molar-refractivity contribution is 0.0691. The van der Waals surface area contributed by atoms with Gasteiger partial charge >= 0.3 is 5.97 Å². The van der Waals surface area contributed by atoms with Gasteiger partial charge in [-0.25, -0.2) is 4.79 Å². The molecule has 1 aliphatic rings. The zero-order valence-electron chi connectivity index (χ0n) is 11.1. The maximum atomic E-state index is 11.3. The van der Waals surface area contributed by atoms with Crippen molar-refractivity contribution in [3.8, 4) is 0 Å². The van der Waals surface area contributed by atoms with E-state index < -0.39 is 5.97 Å². The average Bonchev–Trinajstić information content (AvgIpc) is 3.12. The van der Waals surface area contributed by atoms with Crippen LogP contribution in [0.15, 0.2) is 28.8 Å². The van der Waals surface area contributed by atoms with E-state index >= 15 is 0 Å². The number of aromatic nitrogens is 4. The molecule has 0 bridgehead atoms. The Morgan fingerprint density at radius 2 is 2.19 bits per heavy atom. The number of carboxylic acids is 1. The smallest absolute Gasteiger partial charge is 0.357 e. The standard InChI is InChI=1S/C14H12N4O3/c19-14(20)12-9-3-1-2-4-10(9)18(16-12)7-11-15-13(17-21-11)8-5-6-8/h1-4,8H,5-7H2,(H,19,20). The summed E-state index contributed by atoms with van der Waals surface area (Å²) >= 11 is 0. The Balaban J connectivity index is 1.73. The van der Waals surface area contributed by atoms with Crippen molar-refractivity contribution < 1.29 is 14.4 Å². The molecule has 4 rings (SSSR count). The summed E-state index contributed by atoms with van der Waals surface area (Å²) in [5, 5.41) is 17.9. The summed E-state index contributed by atoms with van der Waals surface area (Å²) in [6.45, 7) is 0.271. The fraction of sp³-hybridized carbons (Fsp3) is 0.286. The maximum Gasteiger partial charge on any atom is 0.357 e. The zero-order chi connectivity index (χ0) is 14.4. The molecule has 106 valence electrons. The topological polar surface area (TPSA) is 94.0 Å². The molecule has 1 aliphatic carbocycles. The highest BCUT2D eigenvalue weighted by Gasteiger charge is 2.29.